The van der Waals surface area contributed by atoms with E-state index < -0.39 is 0 Å². The normalized spacial score (nSPS) is 11.5. The summed E-state index contributed by atoms with van der Waals surface area (Å²) in [5, 5.41) is 5.37. The SMILES string of the molecule is CC(C)(C)NCc1cccnc1Sc1ccncn1. The molecule has 0 saturated heterocycles. The molecule has 2 aromatic rings. The summed E-state index contributed by atoms with van der Waals surface area (Å²) in [5.74, 6) is 0. The minimum atomic E-state index is 0.0900. The number of aromatic nitrogens is 3. The van der Waals surface area contributed by atoms with Crippen LogP contribution in [0.5, 0.6) is 0 Å². The van der Waals surface area contributed by atoms with Crippen molar-refractivity contribution in [1.29, 1.82) is 0 Å². The lowest BCUT2D eigenvalue weighted by atomic mass is 10.1. The van der Waals surface area contributed by atoms with Crippen molar-refractivity contribution in [3.05, 3.63) is 42.5 Å². The third-order valence-electron chi connectivity index (χ3n) is 2.42. The molecule has 0 fully saturated rings. The lowest BCUT2D eigenvalue weighted by Crippen LogP contribution is -2.35. The molecule has 0 unspecified atom stereocenters. The van der Waals surface area contributed by atoms with Crippen LogP contribution < -0.4 is 5.32 Å². The van der Waals surface area contributed by atoms with Crippen molar-refractivity contribution in [3.63, 3.8) is 0 Å². The molecule has 0 aliphatic carbocycles. The highest BCUT2D eigenvalue weighted by atomic mass is 32.2. The molecule has 0 amide bonds. The van der Waals surface area contributed by atoms with Gasteiger partial charge in [0.15, 0.2) is 0 Å². The topological polar surface area (TPSA) is 50.7 Å². The second-order valence-electron chi connectivity index (χ2n) is 5.22. The highest BCUT2D eigenvalue weighted by molar-refractivity contribution is 7.99. The Bertz CT molecular complexity index is 522. The van der Waals surface area contributed by atoms with E-state index in [1.807, 2.05) is 18.3 Å². The fourth-order valence-corrected chi connectivity index (χ4v) is 2.26. The molecule has 0 spiro atoms. The van der Waals surface area contributed by atoms with Crippen molar-refractivity contribution in [3.8, 4) is 0 Å². The number of rotatable bonds is 4. The molecule has 19 heavy (non-hydrogen) atoms. The number of nitrogens with one attached hydrogen (secondary N) is 1. The van der Waals surface area contributed by atoms with Gasteiger partial charge < -0.3 is 5.32 Å². The Morgan fingerprint density at radius 1 is 1.16 bits per heavy atom. The molecule has 1 N–H and O–H groups in total. The maximum Gasteiger partial charge on any atom is 0.116 e. The van der Waals surface area contributed by atoms with Gasteiger partial charge in [0, 0.05) is 24.5 Å². The van der Waals surface area contributed by atoms with Gasteiger partial charge in [-0.05, 0) is 50.2 Å². The Balaban J connectivity index is 2.12. The van der Waals surface area contributed by atoms with E-state index in [0.717, 1.165) is 16.6 Å². The van der Waals surface area contributed by atoms with Gasteiger partial charge in [-0.2, -0.15) is 0 Å². The maximum absolute atomic E-state index is 4.44. The third kappa shape index (κ3) is 4.61. The van der Waals surface area contributed by atoms with Gasteiger partial charge in [0.1, 0.15) is 16.4 Å². The zero-order valence-electron chi connectivity index (χ0n) is 11.4. The van der Waals surface area contributed by atoms with Gasteiger partial charge >= 0.3 is 0 Å². The zero-order valence-corrected chi connectivity index (χ0v) is 12.2. The van der Waals surface area contributed by atoms with Crippen LogP contribution >= 0.6 is 11.8 Å². The summed E-state index contributed by atoms with van der Waals surface area (Å²) < 4.78 is 0. The summed E-state index contributed by atoms with van der Waals surface area (Å²) in [6.07, 6.45) is 5.10. The van der Waals surface area contributed by atoms with E-state index in [4.69, 9.17) is 0 Å². The summed E-state index contributed by atoms with van der Waals surface area (Å²) >= 11 is 1.56. The highest BCUT2D eigenvalue weighted by Gasteiger charge is 2.11. The van der Waals surface area contributed by atoms with Crippen LogP contribution in [0.4, 0.5) is 0 Å². The standard InChI is InChI=1S/C14H18N4S/c1-14(2,3)18-9-11-5-4-7-16-13(11)19-12-6-8-15-10-17-12/h4-8,10,18H,9H2,1-3H3. The van der Waals surface area contributed by atoms with Crippen LogP contribution in [-0.4, -0.2) is 20.5 Å². The molecule has 0 saturated carbocycles. The molecule has 4 nitrogen and oxygen atoms in total. The van der Waals surface area contributed by atoms with Crippen LogP contribution in [0.15, 0.2) is 47.0 Å². The first-order chi connectivity index (χ1) is 9.04. The summed E-state index contributed by atoms with van der Waals surface area (Å²) in [6.45, 7) is 7.26. The first kappa shape index (κ1) is 14.0. The van der Waals surface area contributed by atoms with E-state index in [1.165, 1.54) is 5.56 Å². The van der Waals surface area contributed by atoms with Crippen molar-refractivity contribution in [2.75, 3.05) is 0 Å². The summed E-state index contributed by atoms with van der Waals surface area (Å²) in [5.41, 5.74) is 1.27. The molecular formula is C14H18N4S. The molecule has 2 rings (SSSR count). The zero-order chi connectivity index (χ0) is 13.7. The molecule has 100 valence electrons. The van der Waals surface area contributed by atoms with Crippen molar-refractivity contribution >= 4 is 11.8 Å². The molecule has 2 aromatic heterocycles. The Morgan fingerprint density at radius 3 is 2.68 bits per heavy atom. The number of hydrogen-bond donors (Lipinski definition) is 1. The largest absolute Gasteiger partial charge is 0.308 e. The molecule has 0 radical (unpaired) electrons. The van der Waals surface area contributed by atoms with Gasteiger partial charge in [-0.15, -0.1) is 0 Å². The van der Waals surface area contributed by atoms with E-state index in [0.29, 0.717) is 0 Å². The van der Waals surface area contributed by atoms with Crippen LogP contribution in [0.1, 0.15) is 26.3 Å². The second kappa shape index (κ2) is 6.12. The van der Waals surface area contributed by atoms with E-state index in [-0.39, 0.29) is 5.54 Å². The summed E-state index contributed by atoms with van der Waals surface area (Å²) in [4.78, 5) is 12.6. The average Bonchev–Trinajstić information content (AvgIpc) is 2.38. The van der Waals surface area contributed by atoms with E-state index in [9.17, 15) is 0 Å². The van der Waals surface area contributed by atoms with Crippen LogP contribution in [-0.2, 0) is 6.54 Å². The van der Waals surface area contributed by atoms with Crippen molar-refractivity contribution in [2.45, 2.75) is 42.9 Å². The Kier molecular flexibility index (Phi) is 4.50. The predicted molar refractivity (Wildman–Crippen MR) is 77.0 cm³/mol. The molecule has 5 heteroatoms. The van der Waals surface area contributed by atoms with Gasteiger partial charge in [-0.3, -0.25) is 0 Å². The van der Waals surface area contributed by atoms with Crippen LogP contribution in [0.25, 0.3) is 0 Å². The minimum Gasteiger partial charge on any atom is -0.308 e. The number of pyridine rings is 1. The molecule has 2 heterocycles. The predicted octanol–water partition coefficient (Wildman–Crippen LogP) is 2.91. The lowest BCUT2D eigenvalue weighted by molar-refractivity contribution is 0.422. The maximum atomic E-state index is 4.44. The van der Waals surface area contributed by atoms with Crippen molar-refractivity contribution < 1.29 is 0 Å². The van der Waals surface area contributed by atoms with Gasteiger partial charge in [0.2, 0.25) is 0 Å². The first-order valence-corrected chi connectivity index (χ1v) is 6.99. The molecule has 0 atom stereocenters. The van der Waals surface area contributed by atoms with Crippen LogP contribution in [0.3, 0.4) is 0 Å². The molecule has 0 bridgehead atoms. The van der Waals surface area contributed by atoms with Gasteiger partial charge in [0.25, 0.3) is 0 Å². The third-order valence-corrected chi connectivity index (χ3v) is 3.43. The van der Waals surface area contributed by atoms with E-state index in [1.54, 1.807) is 24.3 Å². The van der Waals surface area contributed by atoms with Crippen molar-refractivity contribution in [1.82, 2.24) is 20.3 Å². The number of hydrogen-bond acceptors (Lipinski definition) is 5. The molecular weight excluding hydrogens is 256 g/mol. The van der Waals surface area contributed by atoms with E-state index in [2.05, 4.69) is 47.1 Å². The van der Waals surface area contributed by atoms with Crippen molar-refractivity contribution in [2.24, 2.45) is 0 Å². The molecule has 0 aliphatic heterocycles. The smallest absolute Gasteiger partial charge is 0.116 e. The Morgan fingerprint density at radius 2 is 2.00 bits per heavy atom. The Labute approximate surface area is 118 Å². The summed E-state index contributed by atoms with van der Waals surface area (Å²) in [6, 6.07) is 5.94. The van der Waals surface area contributed by atoms with Crippen LogP contribution in [0.2, 0.25) is 0 Å². The van der Waals surface area contributed by atoms with Gasteiger partial charge in [-0.25, -0.2) is 15.0 Å². The van der Waals surface area contributed by atoms with E-state index >= 15 is 0 Å². The highest BCUT2D eigenvalue weighted by Crippen LogP contribution is 2.26. The number of nitrogens with zero attached hydrogens (tertiary/aromatic N) is 3. The molecule has 0 aromatic carbocycles. The Hall–Kier alpha value is -1.46. The first-order valence-electron chi connectivity index (χ1n) is 6.17. The van der Waals surface area contributed by atoms with Gasteiger partial charge in [0.05, 0.1) is 0 Å². The fraction of sp³-hybridized carbons (Fsp3) is 0.357. The van der Waals surface area contributed by atoms with Crippen LogP contribution in [0, 0.1) is 0 Å². The fourth-order valence-electron chi connectivity index (χ4n) is 1.45. The quantitative estimate of drug-likeness (QED) is 0.869. The van der Waals surface area contributed by atoms with Gasteiger partial charge in [-0.1, -0.05) is 6.07 Å². The second-order valence-corrected chi connectivity index (χ2v) is 6.23. The monoisotopic (exact) mass is 274 g/mol. The summed E-state index contributed by atoms with van der Waals surface area (Å²) in [7, 11) is 0. The molecule has 0 aliphatic rings. The average molecular weight is 274 g/mol. The minimum absolute atomic E-state index is 0.0900. The lowest BCUT2D eigenvalue weighted by Gasteiger charge is -2.21.